The third kappa shape index (κ3) is 1.97. The van der Waals surface area contributed by atoms with Gasteiger partial charge in [0.25, 0.3) is 0 Å². The van der Waals surface area contributed by atoms with E-state index >= 15 is 0 Å². The van der Waals surface area contributed by atoms with Crippen LogP contribution in [-0.4, -0.2) is 0 Å². The first kappa shape index (κ1) is 12.4. The molecule has 1 heterocycles. The molecule has 0 aliphatic rings. The first-order valence-electron chi connectivity index (χ1n) is 6.65. The zero-order valence-electron chi connectivity index (χ0n) is 11.1. The molecule has 0 amide bonds. The van der Waals surface area contributed by atoms with Gasteiger partial charge in [-0.15, -0.1) is 0 Å². The normalized spacial score (nSPS) is 12.2. The molecule has 0 bridgehead atoms. The Morgan fingerprint density at radius 1 is 1.05 bits per heavy atom. The summed E-state index contributed by atoms with van der Waals surface area (Å²) in [5.74, 6) is 0. The average molecular weight is 271 g/mol. The van der Waals surface area contributed by atoms with Gasteiger partial charge in [-0.25, -0.2) is 4.20 Å². The highest BCUT2D eigenvalue weighted by molar-refractivity contribution is 7.37. The molecule has 3 aromatic rings. The predicted molar refractivity (Wildman–Crippen MR) is 80.1 cm³/mol. The van der Waals surface area contributed by atoms with Crippen LogP contribution in [0.1, 0.15) is 25.0 Å². The van der Waals surface area contributed by atoms with Crippen LogP contribution < -0.4 is 0 Å². The van der Waals surface area contributed by atoms with Crippen molar-refractivity contribution in [3.8, 4) is 0 Å². The van der Waals surface area contributed by atoms with Crippen LogP contribution in [-0.2, 0) is 17.4 Å². The minimum atomic E-state index is -1.79. The standard InChI is InChI=1S/C16H16O2P/c1-3-11-9-12(4-2)16-14(10-11)13-7-5-6-8-15(13)18-19(16)17/h5-10H,3-4H2,1-2H3/q+1. The van der Waals surface area contributed by atoms with Crippen LogP contribution in [0.4, 0.5) is 0 Å². The molecule has 3 rings (SSSR count). The first-order valence-corrected chi connectivity index (χ1v) is 7.82. The van der Waals surface area contributed by atoms with Crippen molar-refractivity contribution in [3.63, 3.8) is 0 Å². The molecule has 0 radical (unpaired) electrons. The Morgan fingerprint density at radius 3 is 2.58 bits per heavy atom. The van der Waals surface area contributed by atoms with Crippen LogP contribution in [0.15, 0.2) is 40.6 Å². The Kier molecular flexibility index (Phi) is 3.12. The molecule has 1 aromatic heterocycles. The summed E-state index contributed by atoms with van der Waals surface area (Å²) < 4.78 is 17.9. The summed E-state index contributed by atoms with van der Waals surface area (Å²) in [6.45, 7) is 4.24. The number of aryl methyl sites for hydroxylation is 2. The zero-order chi connectivity index (χ0) is 13.4. The van der Waals surface area contributed by atoms with Crippen molar-refractivity contribution in [2.75, 3.05) is 0 Å². The van der Waals surface area contributed by atoms with Crippen molar-refractivity contribution in [3.05, 3.63) is 47.5 Å². The first-order chi connectivity index (χ1) is 9.24. The number of fused-ring (bicyclic) bond motifs is 3. The second-order valence-corrected chi connectivity index (χ2v) is 5.85. The van der Waals surface area contributed by atoms with Crippen LogP contribution in [0.3, 0.4) is 0 Å². The molecular formula is C16H16O2P+. The molecule has 0 aliphatic heterocycles. The molecule has 19 heavy (non-hydrogen) atoms. The predicted octanol–water partition coefficient (Wildman–Crippen LogP) is 5.45. The van der Waals surface area contributed by atoms with Gasteiger partial charge in [0.1, 0.15) is 0 Å². The molecule has 0 spiro atoms. The number of rotatable bonds is 2. The fourth-order valence-electron chi connectivity index (χ4n) is 2.56. The van der Waals surface area contributed by atoms with Crippen LogP contribution in [0.25, 0.3) is 21.5 Å². The van der Waals surface area contributed by atoms with Gasteiger partial charge >= 0.3 is 7.65 Å². The maximum atomic E-state index is 12.4. The van der Waals surface area contributed by atoms with Gasteiger partial charge in [-0.05, 0) is 35.1 Å². The molecular weight excluding hydrogens is 255 g/mol. The molecule has 96 valence electrons. The van der Waals surface area contributed by atoms with E-state index in [9.17, 15) is 4.57 Å². The number of para-hydroxylation sites is 1. The number of hydrogen-bond acceptors (Lipinski definition) is 2. The van der Waals surface area contributed by atoms with Gasteiger partial charge in [0.05, 0.1) is 0 Å². The largest absolute Gasteiger partial charge is 0.598 e. The van der Waals surface area contributed by atoms with Gasteiger partial charge in [-0.3, -0.25) is 0 Å². The lowest BCUT2D eigenvalue weighted by Crippen LogP contribution is -1.88. The molecule has 0 saturated carbocycles. The lowest BCUT2D eigenvalue weighted by molar-refractivity contribution is 0.563. The monoisotopic (exact) mass is 271 g/mol. The highest BCUT2D eigenvalue weighted by Crippen LogP contribution is 2.38. The van der Waals surface area contributed by atoms with E-state index < -0.39 is 7.65 Å². The fourth-order valence-corrected chi connectivity index (χ4v) is 3.83. The van der Waals surface area contributed by atoms with E-state index in [0.29, 0.717) is 0 Å². The Bertz CT molecular complexity index is 818. The van der Waals surface area contributed by atoms with Gasteiger partial charge in [-0.2, -0.15) is 0 Å². The zero-order valence-corrected chi connectivity index (χ0v) is 12.0. The summed E-state index contributed by atoms with van der Waals surface area (Å²) in [4.78, 5) is 0. The van der Waals surface area contributed by atoms with E-state index in [2.05, 4.69) is 26.0 Å². The van der Waals surface area contributed by atoms with Crippen LogP contribution in [0.2, 0.25) is 0 Å². The lowest BCUT2D eigenvalue weighted by atomic mass is 10.0. The van der Waals surface area contributed by atoms with Gasteiger partial charge in [-0.1, -0.05) is 38.1 Å². The molecule has 2 nitrogen and oxygen atoms in total. The second kappa shape index (κ2) is 4.79. The summed E-state index contributed by atoms with van der Waals surface area (Å²) in [5.41, 5.74) is 3.16. The highest BCUT2D eigenvalue weighted by atomic mass is 31.1. The molecule has 1 unspecified atom stereocenters. The minimum absolute atomic E-state index is 0.728. The molecule has 2 aromatic carbocycles. The number of benzene rings is 2. The molecule has 0 N–H and O–H groups in total. The minimum Gasteiger partial charge on any atom is -0.250 e. The van der Waals surface area contributed by atoms with Gasteiger partial charge in [0.15, 0.2) is 5.58 Å². The maximum absolute atomic E-state index is 12.4. The molecule has 3 heteroatoms. The van der Waals surface area contributed by atoms with Crippen molar-refractivity contribution >= 4 is 29.1 Å². The summed E-state index contributed by atoms with van der Waals surface area (Å²) >= 11 is 0. The van der Waals surface area contributed by atoms with E-state index in [1.54, 1.807) is 0 Å². The Labute approximate surface area is 112 Å². The SMILES string of the molecule is CCc1cc(CC)c2c(c1)c1ccccc1o[p+]2=O. The molecule has 0 saturated heterocycles. The topological polar surface area (TPSA) is 30.2 Å². The van der Waals surface area contributed by atoms with Gasteiger partial charge in [0.2, 0.25) is 5.12 Å². The average Bonchev–Trinajstić information content (AvgIpc) is 2.46. The second-order valence-electron chi connectivity index (χ2n) is 4.70. The van der Waals surface area contributed by atoms with Crippen molar-refractivity contribution in [2.24, 2.45) is 0 Å². The van der Waals surface area contributed by atoms with Crippen molar-refractivity contribution in [1.82, 2.24) is 0 Å². The fraction of sp³-hybridized carbons (Fsp3) is 0.250. The smallest absolute Gasteiger partial charge is 0.250 e. The Hall–Kier alpha value is -1.66. The van der Waals surface area contributed by atoms with E-state index in [1.807, 2.05) is 24.3 Å². The number of hydrogen-bond donors (Lipinski definition) is 0. The Morgan fingerprint density at radius 2 is 1.84 bits per heavy atom. The summed E-state index contributed by atoms with van der Waals surface area (Å²) in [5, 5.41) is 3.02. The van der Waals surface area contributed by atoms with E-state index in [4.69, 9.17) is 4.20 Å². The highest BCUT2D eigenvalue weighted by Gasteiger charge is 2.20. The van der Waals surface area contributed by atoms with Crippen molar-refractivity contribution < 1.29 is 8.76 Å². The molecule has 0 fully saturated rings. The third-order valence-corrected chi connectivity index (χ3v) is 4.83. The van der Waals surface area contributed by atoms with Crippen molar-refractivity contribution in [1.29, 1.82) is 0 Å². The summed E-state index contributed by atoms with van der Waals surface area (Å²) in [6.07, 6.45) is 1.86. The quantitative estimate of drug-likeness (QED) is 0.580. The summed E-state index contributed by atoms with van der Waals surface area (Å²) in [6, 6.07) is 12.1. The lowest BCUT2D eigenvalue weighted by Gasteiger charge is -2.04. The molecule has 0 aliphatic carbocycles. The third-order valence-electron chi connectivity index (χ3n) is 3.58. The van der Waals surface area contributed by atoms with E-state index in [1.165, 1.54) is 5.56 Å². The van der Waals surface area contributed by atoms with Crippen LogP contribution in [0.5, 0.6) is 0 Å². The van der Waals surface area contributed by atoms with Crippen LogP contribution >= 0.6 is 7.65 Å². The Balaban J connectivity index is 2.59. The van der Waals surface area contributed by atoms with Gasteiger partial charge < -0.3 is 0 Å². The molecule has 1 atom stereocenters. The van der Waals surface area contributed by atoms with Crippen molar-refractivity contribution in [2.45, 2.75) is 26.7 Å². The maximum Gasteiger partial charge on any atom is 0.598 e. The van der Waals surface area contributed by atoms with Gasteiger partial charge in [0, 0.05) is 16.3 Å². The summed E-state index contributed by atoms with van der Waals surface area (Å²) in [7, 11) is -1.79. The van der Waals surface area contributed by atoms with Crippen LogP contribution in [0, 0.1) is 0 Å². The van der Waals surface area contributed by atoms with E-state index in [-0.39, 0.29) is 0 Å². The van der Waals surface area contributed by atoms with E-state index in [0.717, 1.165) is 39.9 Å².